The fourth-order valence-corrected chi connectivity index (χ4v) is 3.99. The fraction of sp³-hybridized carbons (Fsp3) is 0.733. The zero-order chi connectivity index (χ0) is 13.8. The summed E-state index contributed by atoms with van der Waals surface area (Å²) < 4.78 is 5.54. The number of likely N-dealkylation sites (N-methyl/N-ethyl adjacent to an activating group) is 1. The van der Waals surface area contributed by atoms with E-state index in [0.717, 1.165) is 26.3 Å². The van der Waals surface area contributed by atoms with Crippen molar-refractivity contribution < 1.29 is 4.74 Å². The minimum absolute atomic E-state index is 0.198. The van der Waals surface area contributed by atoms with Crippen LogP contribution < -0.4 is 5.32 Å². The summed E-state index contributed by atoms with van der Waals surface area (Å²) >= 11 is 0. The Morgan fingerprint density at radius 3 is 2.45 bits per heavy atom. The Balaban J connectivity index is 1.91. The zero-order valence-corrected chi connectivity index (χ0v) is 12.2. The van der Waals surface area contributed by atoms with Gasteiger partial charge in [-0.25, -0.2) is 9.97 Å². The van der Waals surface area contributed by atoms with Crippen molar-refractivity contribution in [3.05, 3.63) is 24.3 Å². The van der Waals surface area contributed by atoms with Crippen LogP contribution in [0.15, 0.2) is 18.7 Å². The van der Waals surface area contributed by atoms with Gasteiger partial charge >= 0.3 is 0 Å². The van der Waals surface area contributed by atoms with Gasteiger partial charge in [-0.2, -0.15) is 0 Å². The molecule has 3 rings (SSSR count). The van der Waals surface area contributed by atoms with Gasteiger partial charge in [0.1, 0.15) is 6.33 Å². The summed E-state index contributed by atoms with van der Waals surface area (Å²) in [5.41, 5.74) is 1.40. The number of aromatic nitrogens is 2. The third kappa shape index (κ3) is 2.45. The monoisotopic (exact) mass is 276 g/mol. The molecule has 1 aromatic heterocycles. The average molecular weight is 276 g/mol. The molecule has 20 heavy (non-hydrogen) atoms. The molecule has 1 N–H and O–H groups in total. The van der Waals surface area contributed by atoms with Crippen LogP contribution >= 0.6 is 0 Å². The van der Waals surface area contributed by atoms with E-state index in [2.05, 4.69) is 27.2 Å². The van der Waals surface area contributed by atoms with Crippen LogP contribution in [0.3, 0.4) is 0 Å². The summed E-state index contributed by atoms with van der Waals surface area (Å²) in [5, 5.41) is 3.54. The van der Waals surface area contributed by atoms with Gasteiger partial charge in [-0.3, -0.25) is 4.90 Å². The first-order chi connectivity index (χ1) is 9.87. The number of morpholine rings is 1. The van der Waals surface area contributed by atoms with Gasteiger partial charge in [0.2, 0.25) is 0 Å². The van der Waals surface area contributed by atoms with E-state index in [4.69, 9.17) is 4.74 Å². The summed E-state index contributed by atoms with van der Waals surface area (Å²) in [4.78, 5) is 11.1. The lowest BCUT2D eigenvalue weighted by Gasteiger charge is -2.48. The molecular formula is C15H24N4O. The smallest absolute Gasteiger partial charge is 0.115 e. The summed E-state index contributed by atoms with van der Waals surface area (Å²) in [7, 11) is 2.05. The number of ether oxygens (including phenoxy) is 1. The van der Waals surface area contributed by atoms with Gasteiger partial charge in [0.25, 0.3) is 0 Å². The number of nitrogens with one attached hydrogen (secondary N) is 1. The molecule has 2 aliphatic rings. The van der Waals surface area contributed by atoms with Gasteiger partial charge in [0.05, 0.1) is 19.3 Å². The van der Waals surface area contributed by atoms with Crippen molar-refractivity contribution in [3.8, 4) is 0 Å². The van der Waals surface area contributed by atoms with Gasteiger partial charge in [0.15, 0.2) is 0 Å². The first-order valence-electron chi connectivity index (χ1n) is 7.62. The molecule has 1 aliphatic carbocycles. The molecule has 0 bridgehead atoms. The third-order valence-corrected chi connectivity index (χ3v) is 4.85. The molecule has 5 heteroatoms. The lowest BCUT2D eigenvalue weighted by atomic mass is 9.82. The molecule has 1 aliphatic heterocycles. The second-order valence-corrected chi connectivity index (χ2v) is 5.80. The van der Waals surface area contributed by atoms with E-state index in [-0.39, 0.29) is 5.54 Å². The summed E-state index contributed by atoms with van der Waals surface area (Å²) in [6.07, 6.45) is 10.6. The average Bonchev–Trinajstić information content (AvgIpc) is 3.01. The fourth-order valence-electron chi connectivity index (χ4n) is 3.99. The van der Waals surface area contributed by atoms with Crippen molar-refractivity contribution in [2.45, 2.75) is 37.3 Å². The topological polar surface area (TPSA) is 50.3 Å². The Kier molecular flexibility index (Phi) is 4.29. The van der Waals surface area contributed by atoms with Crippen molar-refractivity contribution in [2.75, 3.05) is 33.4 Å². The molecule has 2 heterocycles. The van der Waals surface area contributed by atoms with Crippen LogP contribution in [0.2, 0.25) is 0 Å². The highest BCUT2D eigenvalue weighted by molar-refractivity contribution is 5.19. The highest BCUT2D eigenvalue weighted by atomic mass is 16.5. The molecule has 5 nitrogen and oxygen atoms in total. The van der Waals surface area contributed by atoms with Crippen molar-refractivity contribution in [1.29, 1.82) is 0 Å². The largest absolute Gasteiger partial charge is 0.379 e. The molecule has 1 unspecified atom stereocenters. The molecular weight excluding hydrogens is 252 g/mol. The highest BCUT2D eigenvalue weighted by Gasteiger charge is 2.46. The Labute approximate surface area is 120 Å². The van der Waals surface area contributed by atoms with Crippen LogP contribution in [0.4, 0.5) is 0 Å². The predicted molar refractivity (Wildman–Crippen MR) is 77.4 cm³/mol. The van der Waals surface area contributed by atoms with E-state index in [1.54, 1.807) is 6.33 Å². The van der Waals surface area contributed by atoms with Crippen LogP contribution in [0.5, 0.6) is 0 Å². The molecule has 110 valence electrons. The van der Waals surface area contributed by atoms with Gasteiger partial charge < -0.3 is 10.1 Å². The van der Waals surface area contributed by atoms with Crippen LogP contribution in [-0.2, 0) is 4.74 Å². The SMILES string of the molecule is CNC(c1cncnc1)C1(N2CCOCC2)CCCC1. The number of hydrogen-bond donors (Lipinski definition) is 1. The van der Waals surface area contributed by atoms with Gasteiger partial charge in [0, 0.05) is 36.6 Å². The molecule has 0 aromatic carbocycles. The molecule has 2 fully saturated rings. The summed E-state index contributed by atoms with van der Waals surface area (Å²) in [5.74, 6) is 0. The lowest BCUT2D eigenvalue weighted by molar-refractivity contribution is -0.0355. The molecule has 0 radical (unpaired) electrons. The van der Waals surface area contributed by atoms with Crippen LogP contribution in [-0.4, -0.2) is 53.8 Å². The van der Waals surface area contributed by atoms with E-state index in [9.17, 15) is 0 Å². The number of hydrogen-bond acceptors (Lipinski definition) is 5. The molecule has 0 amide bonds. The molecule has 1 atom stereocenters. The predicted octanol–water partition coefficient (Wildman–Crippen LogP) is 1.38. The van der Waals surface area contributed by atoms with Crippen LogP contribution in [0.25, 0.3) is 0 Å². The minimum atomic E-state index is 0.198. The molecule has 1 saturated carbocycles. The number of nitrogens with zero attached hydrogens (tertiary/aromatic N) is 3. The van der Waals surface area contributed by atoms with Crippen LogP contribution in [0, 0.1) is 0 Å². The van der Waals surface area contributed by atoms with E-state index in [0.29, 0.717) is 6.04 Å². The van der Waals surface area contributed by atoms with Crippen molar-refractivity contribution in [3.63, 3.8) is 0 Å². The Hall–Kier alpha value is -1.04. The van der Waals surface area contributed by atoms with Gasteiger partial charge in [-0.1, -0.05) is 12.8 Å². The zero-order valence-electron chi connectivity index (χ0n) is 12.2. The summed E-state index contributed by atoms with van der Waals surface area (Å²) in [6, 6.07) is 0.296. The minimum Gasteiger partial charge on any atom is -0.379 e. The van der Waals surface area contributed by atoms with E-state index in [1.807, 2.05) is 12.4 Å². The quantitative estimate of drug-likeness (QED) is 0.900. The molecule has 1 saturated heterocycles. The molecule has 1 aromatic rings. The van der Waals surface area contributed by atoms with E-state index < -0.39 is 0 Å². The standard InChI is InChI=1S/C15H24N4O/c1-16-14(13-10-17-12-18-11-13)15(4-2-3-5-15)19-6-8-20-9-7-19/h10-12,14,16H,2-9H2,1H3. The molecule has 0 spiro atoms. The third-order valence-electron chi connectivity index (χ3n) is 4.85. The van der Waals surface area contributed by atoms with Crippen molar-refractivity contribution in [2.24, 2.45) is 0 Å². The normalized spacial score (nSPS) is 24.6. The maximum absolute atomic E-state index is 5.54. The Morgan fingerprint density at radius 1 is 1.20 bits per heavy atom. The Bertz CT molecular complexity index is 413. The number of rotatable bonds is 4. The maximum Gasteiger partial charge on any atom is 0.115 e. The van der Waals surface area contributed by atoms with Crippen LogP contribution in [0.1, 0.15) is 37.3 Å². The van der Waals surface area contributed by atoms with Gasteiger partial charge in [-0.05, 0) is 19.9 Å². The summed E-state index contributed by atoms with van der Waals surface area (Å²) in [6.45, 7) is 3.77. The lowest BCUT2D eigenvalue weighted by Crippen LogP contribution is -2.57. The first kappa shape index (κ1) is 13.9. The van der Waals surface area contributed by atoms with Crippen molar-refractivity contribution >= 4 is 0 Å². The first-order valence-corrected chi connectivity index (χ1v) is 7.62. The highest BCUT2D eigenvalue weighted by Crippen LogP contribution is 2.44. The maximum atomic E-state index is 5.54. The second kappa shape index (κ2) is 6.16. The Morgan fingerprint density at radius 2 is 1.85 bits per heavy atom. The van der Waals surface area contributed by atoms with E-state index >= 15 is 0 Å². The van der Waals surface area contributed by atoms with Gasteiger partial charge in [-0.15, -0.1) is 0 Å². The second-order valence-electron chi connectivity index (χ2n) is 5.80. The van der Waals surface area contributed by atoms with E-state index in [1.165, 1.54) is 31.2 Å². The van der Waals surface area contributed by atoms with Crippen molar-refractivity contribution in [1.82, 2.24) is 20.2 Å².